The van der Waals surface area contributed by atoms with Gasteiger partial charge in [0.1, 0.15) is 5.76 Å². The number of rotatable bonds is 10. The highest BCUT2D eigenvalue weighted by Crippen LogP contribution is 2.24. The quantitative estimate of drug-likeness (QED) is 0.358. The Kier molecular flexibility index (Phi) is 8.85. The summed E-state index contributed by atoms with van der Waals surface area (Å²) in [5, 5.41) is 3.00. The Morgan fingerprint density at radius 2 is 1.96 bits per heavy atom. The largest absolute Gasteiger partial charge is 0.496 e. The van der Waals surface area contributed by atoms with Crippen LogP contribution in [0.25, 0.3) is 5.57 Å². The Bertz CT molecular complexity index is 673. The van der Waals surface area contributed by atoms with E-state index < -0.39 is 0 Å². The van der Waals surface area contributed by atoms with Gasteiger partial charge in [-0.2, -0.15) is 0 Å². The molecule has 0 atom stereocenters. The molecule has 0 radical (unpaired) electrons. The molecule has 146 valence electrons. The zero-order valence-corrected chi connectivity index (χ0v) is 16.5. The minimum absolute atomic E-state index is 0.0608. The molecule has 4 nitrogen and oxygen atoms in total. The number of hydrogen-bond donors (Lipinski definition) is 1. The van der Waals surface area contributed by atoms with E-state index in [1.807, 2.05) is 24.3 Å². The van der Waals surface area contributed by atoms with Crippen LogP contribution in [0, 0.1) is 0 Å². The summed E-state index contributed by atoms with van der Waals surface area (Å²) in [6.07, 6.45) is 9.94. The van der Waals surface area contributed by atoms with Gasteiger partial charge in [0.2, 0.25) is 5.91 Å². The fourth-order valence-corrected chi connectivity index (χ4v) is 3.46. The lowest BCUT2D eigenvalue weighted by molar-refractivity contribution is -0.116. The molecule has 1 aliphatic rings. The maximum absolute atomic E-state index is 12.3. The van der Waals surface area contributed by atoms with Crippen molar-refractivity contribution in [2.75, 3.05) is 32.1 Å². The summed E-state index contributed by atoms with van der Waals surface area (Å²) in [7, 11) is 1.61. The monoisotopic (exact) mass is 368 g/mol. The van der Waals surface area contributed by atoms with E-state index in [-0.39, 0.29) is 5.91 Å². The molecule has 0 spiro atoms. The number of carbonyl (C=O) groups is 1. The van der Waals surface area contributed by atoms with Crippen LogP contribution in [0.5, 0.6) is 0 Å². The Morgan fingerprint density at radius 1 is 1.19 bits per heavy atom. The smallest absolute Gasteiger partial charge is 0.224 e. The molecule has 0 saturated carbocycles. The average Bonchev–Trinajstić information content (AvgIpc) is 2.70. The Labute approximate surface area is 163 Å². The van der Waals surface area contributed by atoms with Crippen LogP contribution in [0.4, 0.5) is 5.69 Å². The van der Waals surface area contributed by atoms with E-state index in [9.17, 15) is 4.79 Å². The van der Waals surface area contributed by atoms with Crippen LogP contribution < -0.4 is 5.32 Å². The lowest BCUT2D eigenvalue weighted by Crippen LogP contribution is -2.30. The van der Waals surface area contributed by atoms with Crippen molar-refractivity contribution in [2.45, 2.75) is 38.5 Å². The van der Waals surface area contributed by atoms with E-state index in [0.29, 0.717) is 12.2 Å². The van der Waals surface area contributed by atoms with E-state index in [1.165, 1.54) is 32.4 Å². The summed E-state index contributed by atoms with van der Waals surface area (Å²) in [4.78, 5) is 14.8. The normalized spacial score (nSPS) is 15.6. The molecule has 1 N–H and O–H groups in total. The van der Waals surface area contributed by atoms with Gasteiger partial charge in [0, 0.05) is 17.7 Å². The van der Waals surface area contributed by atoms with Crippen molar-refractivity contribution in [2.24, 2.45) is 0 Å². The molecular weight excluding hydrogens is 336 g/mol. The standard InChI is InChI=1S/C23H32N2O2/c1-4-21(22(5-2)27-3)19-12-11-13-20(18-19)24-23(26)14-7-10-17-25-15-8-6-9-16-25/h4-5,11-13,18H,1-2,6-10,14-17H2,3H3,(H,24,26)/b22-21-. The van der Waals surface area contributed by atoms with Gasteiger partial charge in [-0.15, -0.1) is 0 Å². The summed E-state index contributed by atoms with van der Waals surface area (Å²) in [6, 6.07) is 7.72. The third-order valence-electron chi connectivity index (χ3n) is 4.91. The number of methoxy groups -OCH3 is 1. The number of nitrogens with one attached hydrogen (secondary N) is 1. The molecule has 2 rings (SSSR count). The number of piperidine rings is 1. The topological polar surface area (TPSA) is 41.6 Å². The molecule has 1 heterocycles. The van der Waals surface area contributed by atoms with Crippen LogP contribution in [0.2, 0.25) is 0 Å². The van der Waals surface area contributed by atoms with Crippen molar-refractivity contribution in [3.8, 4) is 0 Å². The summed E-state index contributed by atoms with van der Waals surface area (Å²) < 4.78 is 5.34. The van der Waals surface area contributed by atoms with E-state index in [2.05, 4.69) is 23.4 Å². The van der Waals surface area contributed by atoms with Gasteiger partial charge >= 0.3 is 0 Å². The molecule has 27 heavy (non-hydrogen) atoms. The van der Waals surface area contributed by atoms with Crippen molar-refractivity contribution in [3.63, 3.8) is 0 Å². The van der Waals surface area contributed by atoms with Gasteiger partial charge in [-0.05, 0) is 69.1 Å². The van der Waals surface area contributed by atoms with Crippen LogP contribution in [0.15, 0.2) is 55.3 Å². The highest BCUT2D eigenvalue weighted by Gasteiger charge is 2.10. The number of benzene rings is 1. The zero-order chi connectivity index (χ0) is 19.5. The minimum atomic E-state index is 0.0608. The number of allylic oxidation sites excluding steroid dienone is 3. The number of nitrogens with zero attached hydrogens (tertiary/aromatic N) is 1. The second kappa shape index (κ2) is 11.4. The molecule has 0 aliphatic carbocycles. The van der Waals surface area contributed by atoms with E-state index >= 15 is 0 Å². The van der Waals surface area contributed by atoms with Crippen LogP contribution in [-0.2, 0) is 9.53 Å². The summed E-state index contributed by atoms with van der Waals surface area (Å²) in [5.41, 5.74) is 2.57. The van der Waals surface area contributed by atoms with Crippen molar-refractivity contribution < 1.29 is 9.53 Å². The van der Waals surface area contributed by atoms with Gasteiger partial charge < -0.3 is 15.0 Å². The first-order valence-electron chi connectivity index (χ1n) is 9.83. The predicted octanol–water partition coefficient (Wildman–Crippen LogP) is 5.01. The van der Waals surface area contributed by atoms with Crippen LogP contribution in [0.1, 0.15) is 44.1 Å². The molecule has 1 aromatic carbocycles. The van der Waals surface area contributed by atoms with Crippen LogP contribution >= 0.6 is 0 Å². The lowest BCUT2D eigenvalue weighted by atomic mass is 10.0. The van der Waals surface area contributed by atoms with E-state index in [1.54, 1.807) is 19.3 Å². The van der Waals surface area contributed by atoms with Gasteiger partial charge in [0.15, 0.2) is 0 Å². The second-order valence-electron chi connectivity index (χ2n) is 6.88. The lowest BCUT2D eigenvalue weighted by Gasteiger charge is -2.26. The molecular formula is C23H32N2O2. The van der Waals surface area contributed by atoms with Gasteiger partial charge in [0.25, 0.3) is 0 Å². The van der Waals surface area contributed by atoms with Gasteiger partial charge in [-0.25, -0.2) is 0 Å². The number of ether oxygens (including phenoxy) is 1. The summed E-state index contributed by atoms with van der Waals surface area (Å²) in [5.74, 6) is 0.719. The Balaban J connectivity index is 1.85. The second-order valence-corrected chi connectivity index (χ2v) is 6.88. The zero-order valence-electron chi connectivity index (χ0n) is 16.5. The number of anilines is 1. The van der Waals surface area contributed by atoms with E-state index in [4.69, 9.17) is 4.74 Å². The Morgan fingerprint density at radius 3 is 2.63 bits per heavy atom. The number of amides is 1. The molecule has 1 aromatic rings. The molecule has 1 fully saturated rings. The van der Waals surface area contributed by atoms with Gasteiger partial charge in [-0.1, -0.05) is 37.8 Å². The summed E-state index contributed by atoms with van der Waals surface area (Å²) in [6.45, 7) is 11.2. The van der Waals surface area contributed by atoms with Crippen LogP contribution in [0.3, 0.4) is 0 Å². The molecule has 0 bridgehead atoms. The molecule has 0 aromatic heterocycles. The first kappa shape index (κ1) is 21.0. The fraction of sp³-hybridized carbons (Fsp3) is 0.435. The van der Waals surface area contributed by atoms with Crippen molar-refractivity contribution >= 4 is 17.2 Å². The van der Waals surface area contributed by atoms with Crippen molar-refractivity contribution in [1.82, 2.24) is 4.90 Å². The summed E-state index contributed by atoms with van der Waals surface area (Å²) >= 11 is 0. The van der Waals surface area contributed by atoms with Crippen molar-refractivity contribution in [1.29, 1.82) is 0 Å². The first-order valence-corrected chi connectivity index (χ1v) is 9.83. The predicted molar refractivity (Wildman–Crippen MR) is 114 cm³/mol. The van der Waals surface area contributed by atoms with Gasteiger partial charge in [-0.3, -0.25) is 4.79 Å². The SMILES string of the molecule is C=C/C(OC)=C(\C=C)c1cccc(NC(=O)CCCCN2CCCCC2)c1. The molecule has 1 aliphatic heterocycles. The van der Waals surface area contributed by atoms with Crippen LogP contribution in [-0.4, -0.2) is 37.6 Å². The number of unbranched alkanes of at least 4 members (excludes halogenated alkanes) is 1. The molecule has 1 amide bonds. The Hall–Kier alpha value is -2.33. The third-order valence-corrected chi connectivity index (χ3v) is 4.91. The maximum atomic E-state index is 12.3. The van der Waals surface area contributed by atoms with E-state index in [0.717, 1.165) is 36.2 Å². The minimum Gasteiger partial charge on any atom is -0.496 e. The van der Waals surface area contributed by atoms with Crippen molar-refractivity contribution in [3.05, 3.63) is 60.9 Å². The molecule has 1 saturated heterocycles. The molecule has 4 heteroatoms. The molecule has 0 unspecified atom stereocenters. The fourth-order valence-electron chi connectivity index (χ4n) is 3.46. The number of hydrogen-bond acceptors (Lipinski definition) is 3. The highest BCUT2D eigenvalue weighted by molar-refractivity contribution is 5.91. The number of likely N-dealkylation sites (tertiary alicyclic amines) is 1. The third kappa shape index (κ3) is 6.72. The van der Waals surface area contributed by atoms with Gasteiger partial charge in [0.05, 0.1) is 7.11 Å². The highest BCUT2D eigenvalue weighted by atomic mass is 16.5. The first-order chi connectivity index (χ1) is 13.2. The average molecular weight is 369 g/mol. The number of carbonyl (C=O) groups excluding carboxylic acids is 1. The maximum Gasteiger partial charge on any atom is 0.224 e.